The highest BCUT2D eigenvalue weighted by Gasteiger charge is 2.19. The highest BCUT2D eigenvalue weighted by Crippen LogP contribution is 2.13. The minimum absolute atomic E-state index is 0.269. The van der Waals surface area contributed by atoms with E-state index in [4.69, 9.17) is 9.26 Å². The number of nitrogens with zero attached hydrogens (tertiary/aromatic N) is 1. The smallest absolute Gasteiger partial charge is 0.344 e. The molecule has 1 aromatic heterocycles. The Morgan fingerprint density at radius 1 is 1.24 bits per heavy atom. The number of carbonyl (C=O) groups is 2. The van der Waals surface area contributed by atoms with Crippen LogP contribution in [0.4, 0.5) is 0 Å². The third kappa shape index (κ3) is 3.92. The summed E-state index contributed by atoms with van der Waals surface area (Å²) in [5.74, 6) is -0.595. The predicted molar refractivity (Wildman–Crippen MR) is 74.5 cm³/mol. The van der Waals surface area contributed by atoms with Crippen molar-refractivity contribution in [1.29, 1.82) is 0 Å². The van der Waals surface area contributed by atoms with E-state index < -0.39 is 5.97 Å². The van der Waals surface area contributed by atoms with Gasteiger partial charge in [0.25, 0.3) is 5.91 Å². The zero-order valence-corrected chi connectivity index (χ0v) is 11.9. The summed E-state index contributed by atoms with van der Waals surface area (Å²) in [7, 11) is 0. The number of carbonyl (C=O) groups excluding carboxylic acids is 2. The fourth-order valence-electron chi connectivity index (χ4n) is 1.83. The quantitative estimate of drug-likeness (QED) is 0.848. The van der Waals surface area contributed by atoms with E-state index in [1.165, 1.54) is 0 Å². The van der Waals surface area contributed by atoms with Crippen LogP contribution in [-0.2, 0) is 16.1 Å². The van der Waals surface area contributed by atoms with E-state index in [-0.39, 0.29) is 18.1 Å². The van der Waals surface area contributed by atoms with Gasteiger partial charge in [-0.2, -0.15) is 0 Å². The minimum atomic E-state index is -0.610. The van der Waals surface area contributed by atoms with Crippen LogP contribution in [0.2, 0.25) is 0 Å². The lowest BCUT2D eigenvalue weighted by Crippen LogP contribution is -2.28. The number of aromatic nitrogens is 1. The standard InChI is InChI=1S/C15H16N2O4/c1-10-14(11(2)21-17-10)15(19)20-9-13(18)16-8-12-6-4-3-5-7-12/h3-7H,8-9H2,1-2H3,(H,16,18). The molecule has 0 saturated heterocycles. The second kappa shape index (κ2) is 6.69. The van der Waals surface area contributed by atoms with E-state index in [0.717, 1.165) is 5.56 Å². The lowest BCUT2D eigenvalue weighted by Gasteiger charge is -2.06. The van der Waals surface area contributed by atoms with Crippen LogP contribution in [0.25, 0.3) is 0 Å². The van der Waals surface area contributed by atoms with Gasteiger partial charge in [0.1, 0.15) is 11.3 Å². The van der Waals surface area contributed by atoms with Crippen molar-refractivity contribution in [2.24, 2.45) is 0 Å². The summed E-state index contributed by atoms with van der Waals surface area (Å²) in [6, 6.07) is 9.47. The SMILES string of the molecule is Cc1noc(C)c1C(=O)OCC(=O)NCc1ccccc1. The molecular weight excluding hydrogens is 272 g/mol. The molecule has 0 atom stereocenters. The molecule has 0 radical (unpaired) electrons. The number of aryl methyl sites for hydroxylation is 2. The first kappa shape index (κ1) is 14.8. The molecule has 0 saturated carbocycles. The van der Waals surface area contributed by atoms with Crippen LogP contribution in [0.5, 0.6) is 0 Å². The third-order valence-electron chi connectivity index (χ3n) is 2.90. The summed E-state index contributed by atoms with van der Waals surface area (Å²) >= 11 is 0. The van der Waals surface area contributed by atoms with E-state index in [0.29, 0.717) is 18.0 Å². The van der Waals surface area contributed by atoms with Gasteiger partial charge >= 0.3 is 5.97 Å². The summed E-state index contributed by atoms with van der Waals surface area (Å²) in [4.78, 5) is 23.5. The van der Waals surface area contributed by atoms with Crippen molar-refractivity contribution in [2.75, 3.05) is 6.61 Å². The Labute approximate surface area is 122 Å². The van der Waals surface area contributed by atoms with Crippen molar-refractivity contribution >= 4 is 11.9 Å². The Morgan fingerprint density at radius 3 is 2.57 bits per heavy atom. The van der Waals surface area contributed by atoms with Gasteiger partial charge in [-0.05, 0) is 19.4 Å². The first-order valence-corrected chi connectivity index (χ1v) is 6.48. The lowest BCUT2D eigenvalue weighted by molar-refractivity contribution is -0.124. The molecule has 21 heavy (non-hydrogen) atoms. The molecule has 0 aliphatic heterocycles. The highest BCUT2D eigenvalue weighted by molar-refractivity contribution is 5.93. The van der Waals surface area contributed by atoms with Gasteiger partial charge in [0, 0.05) is 6.54 Å². The number of nitrogens with one attached hydrogen (secondary N) is 1. The summed E-state index contributed by atoms with van der Waals surface area (Å²) in [6.45, 7) is 3.31. The monoisotopic (exact) mass is 288 g/mol. The Kier molecular flexibility index (Phi) is 4.71. The molecule has 1 heterocycles. The largest absolute Gasteiger partial charge is 0.452 e. The van der Waals surface area contributed by atoms with E-state index in [1.807, 2.05) is 30.3 Å². The molecule has 1 N–H and O–H groups in total. The van der Waals surface area contributed by atoms with Crippen LogP contribution in [0, 0.1) is 13.8 Å². The molecule has 0 unspecified atom stereocenters. The average Bonchev–Trinajstić information content (AvgIpc) is 2.83. The van der Waals surface area contributed by atoms with Crippen LogP contribution in [0.1, 0.15) is 27.4 Å². The van der Waals surface area contributed by atoms with Gasteiger partial charge in [-0.1, -0.05) is 35.5 Å². The van der Waals surface area contributed by atoms with Crippen LogP contribution in [0.15, 0.2) is 34.9 Å². The third-order valence-corrected chi connectivity index (χ3v) is 2.90. The maximum atomic E-state index is 11.8. The fraction of sp³-hybridized carbons (Fsp3) is 0.267. The van der Waals surface area contributed by atoms with Crippen LogP contribution in [0.3, 0.4) is 0 Å². The number of ether oxygens (including phenoxy) is 1. The van der Waals surface area contributed by atoms with Gasteiger partial charge in [0.05, 0.1) is 5.69 Å². The van der Waals surface area contributed by atoms with Gasteiger partial charge in [-0.15, -0.1) is 0 Å². The number of hydrogen-bond donors (Lipinski definition) is 1. The van der Waals surface area contributed by atoms with Crippen molar-refractivity contribution in [3.8, 4) is 0 Å². The normalized spacial score (nSPS) is 10.2. The summed E-state index contributed by atoms with van der Waals surface area (Å²) in [5, 5.41) is 6.34. The molecule has 2 rings (SSSR count). The molecular formula is C15H16N2O4. The molecule has 6 nitrogen and oxygen atoms in total. The van der Waals surface area contributed by atoms with Gasteiger partial charge < -0.3 is 14.6 Å². The molecule has 2 aromatic rings. The Bertz CT molecular complexity index is 615. The second-order valence-corrected chi connectivity index (χ2v) is 4.54. The average molecular weight is 288 g/mol. The Balaban J connectivity index is 1.80. The summed E-state index contributed by atoms with van der Waals surface area (Å²) in [5.41, 5.74) is 1.69. The zero-order chi connectivity index (χ0) is 15.2. The fourth-order valence-corrected chi connectivity index (χ4v) is 1.83. The molecule has 0 fully saturated rings. The predicted octanol–water partition coefficient (Wildman–Crippen LogP) is 1.76. The molecule has 0 bridgehead atoms. The number of amides is 1. The topological polar surface area (TPSA) is 81.4 Å². The molecule has 110 valence electrons. The maximum Gasteiger partial charge on any atom is 0.344 e. The Morgan fingerprint density at radius 2 is 1.95 bits per heavy atom. The molecule has 6 heteroatoms. The highest BCUT2D eigenvalue weighted by atomic mass is 16.5. The van der Waals surface area contributed by atoms with Crippen molar-refractivity contribution < 1.29 is 18.8 Å². The van der Waals surface area contributed by atoms with Crippen LogP contribution in [-0.4, -0.2) is 23.6 Å². The van der Waals surface area contributed by atoms with Gasteiger partial charge in [-0.25, -0.2) is 4.79 Å². The van der Waals surface area contributed by atoms with Crippen molar-refractivity contribution in [1.82, 2.24) is 10.5 Å². The number of rotatable bonds is 5. The summed E-state index contributed by atoms with van der Waals surface area (Å²) < 4.78 is 9.82. The molecule has 1 amide bonds. The zero-order valence-electron chi connectivity index (χ0n) is 11.9. The first-order valence-electron chi connectivity index (χ1n) is 6.48. The first-order chi connectivity index (χ1) is 10.1. The van der Waals surface area contributed by atoms with Crippen molar-refractivity contribution in [2.45, 2.75) is 20.4 Å². The maximum absolute atomic E-state index is 11.8. The molecule has 0 spiro atoms. The van der Waals surface area contributed by atoms with Crippen molar-refractivity contribution in [3.63, 3.8) is 0 Å². The number of esters is 1. The van der Waals surface area contributed by atoms with Crippen molar-refractivity contribution in [3.05, 3.63) is 52.9 Å². The van der Waals surface area contributed by atoms with E-state index in [9.17, 15) is 9.59 Å². The van der Waals surface area contributed by atoms with E-state index >= 15 is 0 Å². The molecule has 0 aliphatic rings. The van der Waals surface area contributed by atoms with E-state index in [2.05, 4.69) is 10.5 Å². The van der Waals surface area contributed by atoms with E-state index in [1.54, 1.807) is 13.8 Å². The van der Waals surface area contributed by atoms with Gasteiger partial charge in [-0.3, -0.25) is 4.79 Å². The lowest BCUT2D eigenvalue weighted by atomic mass is 10.2. The molecule has 0 aliphatic carbocycles. The van der Waals surface area contributed by atoms with Crippen LogP contribution < -0.4 is 5.32 Å². The second-order valence-electron chi connectivity index (χ2n) is 4.54. The Hall–Kier alpha value is -2.63. The van der Waals surface area contributed by atoms with Gasteiger partial charge in [0.15, 0.2) is 6.61 Å². The minimum Gasteiger partial charge on any atom is -0.452 e. The number of benzene rings is 1. The van der Waals surface area contributed by atoms with Gasteiger partial charge in [0.2, 0.25) is 0 Å². The molecule has 1 aromatic carbocycles. The summed E-state index contributed by atoms with van der Waals surface area (Å²) in [6.07, 6.45) is 0. The number of hydrogen-bond acceptors (Lipinski definition) is 5. The van der Waals surface area contributed by atoms with Crippen LogP contribution >= 0.6 is 0 Å².